The molecule has 2 rings (SSSR count). The van der Waals surface area contributed by atoms with Crippen LogP contribution in [0, 0.1) is 5.92 Å². The lowest BCUT2D eigenvalue weighted by molar-refractivity contribution is 0.842. The predicted molar refractivity (Wildman–Crippen MR) is 44.0 cm³/mol. The molecule has 0 saturated heterocycles. The van der Waals surface area contributed by atoms with Gasteiger partial charge in [0.2, 0.25) is 0 Å². The molecule has 0 aromatic rings. The molecule has 0 atom stereocenters. The number of halogens is 1. The van der Waals surface area contributed by atoms with Gasteiger partial charge in [0, 0.05) is 5.03 Å². The lowest BCUT2D eigenvalue weighted by atomic mass is 10.0. The van der Waals surface area contributed by atoms with E-state index >= 15 is 0 Å². The fraction of sp³-hybridized carbons (Fsp3) is 0.556. The van der Waals surface area contributed by atoms with Crippen LogP contribution in [-0.2, 0) is 0 Å². The monoisotopic (exact) mass is 154 g/mol. The summed E-state index contributed by atoms with van der Waals surface area (Å²) in [6.07, 6.45) is 9.38. The van der Waals surface area contributed by atoms with Gasteiger partial charge in [0.1, 0.15) is 0 Å². The molecular weight excluding hydrogens is 144 g/mol. The third kappa shape index (κ3) is 1.27. The van der Waals surface area contributed by atoms with Crippen molar-refractivity contribution >= 4 is 11.6 Å². The van der Waals surface area contributed by atoms with Gasteiger partial charge in [-0.05, 0) is 37.7 Å². The van der Waals surface area contributed by atoms with Gasteiger partial charge in [-0.1, -0.05) is 23.3 Å². The van der Waals surface area contributed by atoms with Crippen molar-refractivity contribution in [2.24, 2.45) is 5.92 Å². The van der Waals surface area contributed by atoms with Crippen molar-refractivity contribution in [2.45, 2.75) is 25.7 Å². The number of rotatable bonds is 1. The molecule has 0 aliphatic heterocycles. The van der Waals surface area contributed by atoms with Gasteiger partial charge >= 0.3 is 0 Å². The van der Waals surface area contributed by atoms with Crippen LogP contribution in [0.25, 0.3) is 0 Å². The van der Waals surface area contributed by atoms with E-state index in [-0.39, 0.29) is 0 Å². The highest BCUT2D eigenvalue weighted by Gasteiger charge is 2.25. The van der Waals surface area contributed by atoms with Crippen LogP contribution in [-0.4, -0.2) is 0 Å². The Balaban J connectivity index is 2.09. The van der Waals surface area contributed by atoms with Gasteiger partial charge in [-0.3, -0.25) is 0 Å². The molecule has 54 valence electrons. The number of allylic oxidation sites excluding steroid dienone is 4. The molecule has 0 unspecified atom stereocenters. The van der Waals surface area contributed by atoms with Crippen LogP contribution in [0.3, 0.4) is 0 Å². The van der Waals surface area contributed by atoms with Crippen molar-refractivity contribution < 1.29 is 0 Å². The van der Waals surface area contributed by atoms with Gasteiger partial charge in [0.05, 0.1) is 0 Å². The summed E-state index contributed by atoms with van der Waals surface area (Å²) in [5.74, 6) is 0.931. The minimum atomic E-state index is 0.931. The molecule has 1 heteroatoms. The minimum absolute atomic E-state index is 0.931. The highest BCUT2D eigenvalue weighted by molar-refractivity contribution is 6.29. The predicted octanol–water partition coefficient (Wildman–Crippen LogP) is 3.24. The van der Waals surface area contributed by atoms with E-state index in [0.717, 1.165) is 17.4 Å². The Morgan fingerprint density at radius 2 is 2.00 bits per heavy atom. The summed E-state index contributed by atoms with van der Waals surface area (Å²) in [6.45, 7) is 0. The summed E-state index contributed by atoms with van der Waals surface area (Å²) in [4.78, 5) is 0. The van der Waals surface area contributed by atoms with E-state index in [4.69, 9.17) is 11.6 Å². The molecule has 0 bridgehead atoms. The van der Waals surface area contributed by atoms with Crippen molar-refractivity contribution in [1.82, 2.24) is 0 Å². The van der Waals surface area contributed by atoms with Gasteiger partial charge in [-0.15, -0.1) is 0 Å². The maximum Gasteiger partial charge on any atom is 0.0184 e. The Kier molecular flexibility index (Phi) is 1.57. The Bertz CT molecular complexity index is 197. The molecule has 2 aliphatic rings. The lowest BCUT2D eigenvalue weighted by Crippen LogP contribution is -1.90. The van der Waals surface area contributed by atoms with Crippen molar-refractivity contribution in [3.8, 4) is 0 Å². The molecule has 0 amide bonds. The minimum Gasteiger partial charge on any atom is -0.0891 e. The van der Waals surface area contributed by atoms with Gasteiger partial charge in [-0.25, -0.2) is 0 Å². The molecule has 0 spiro atoms. The molecule has 1 saturated carbocycles. The smallest absolute Gasteiger partial charge is 0.0184 e. The maximum atomic E-state index is 5.82. The largest absolute Gasteiger partial charge is 0.0891 e. The molecule has 10 heavy (non-hydrogen) atoms. The van der Waals surface area contributed by atoms with Crippen LogP contribution in [0.2, 0.25) is 0 Å². The zero-order chi connectivity index (χ0) is 6.97. The van der Waals surface area contributed by atoms with Crippen molar-refractivity contribution in [3.05, 3.63) is 22.8 Å². The molecule has 0 nitrogen and oxygen atoms in total. The van der Waals surface area contributed by atoms with Crippen LogP contribution < -0.4 is 0 Å². The molecular formula is C9H11Cl. The molecule has 0 aromatic carbocycles. The SMILES string of the molecule is ClC1=CC=C(C2CC2)CC1. The van der Waals surface area contributed by atoms with Crippen LogP contribution in [0.1, 0.15) is 25.7 Å². The molecule has 2 aliphatic carbocycles. The van der Waals surface area contributed by atoms with Crippen LogP contribution in [0.5, 0.6) is 0 Å². The van der Waals surface area contributed by atoms with E-state index < -0.39 is 0 Å². The third-order valence-electron chi connectivity index (χ3n) is 2.23. The maximum absolute atomic E-state index is 5.82. The number of hydrogen-bond acceptors (Lipinski definition) is 0. The Labute approximate surface area is 66.6 Å². The zero-order valence-corrected chi connectivity index (χ0v) is 6.69. The van der Waals surface area contributed by atoms with Crippen molar-refractivity contribution in [1.29, 1.82) is 0 Å². The van der Waals surface area contributed by atoms with Gasteiger partial charge in [-0.2, -0.15) is 0 Å². The first-order chi connectivity index (χ1) is 4.86. The highest BCUT2D eigenvalue weighted by atomic mass is 35.5. The second-order valence-corrected chi connectivity index (χ2v) is 3.61. The van der Waals surface area contributed by atoms with E-state index in [1.807, 2.05) is 0 Å². The Hall–Kier alpha value is -0.230. The fourth-order valence-corrected chi connectivity index (χ4v) is 1.58. The number of hydrogen-bond donors (Lipinski definition) is 0. The van der Waals surface area contributed by atoms with E-state index in [9.17, 15) is 0 Å². The fourth-order valence-electron chi connectivity index (χ4n) is 1.42. The summed E-state index contributed by atoms with van der Waals surface area (Å²) < 4.78 is 0. The Morgan fingerprint density at radius 1 is 1.20 bits per heavy atom. The molecule has 0 aromatic heterocycles. The second-order valence-electron chi connectivity index (χ2n) is 3.13. The molecule has 1 fully saturated rings. The summed E-state index contributed by atoms with van der Waals surface area (Å²) in [6, 6.07) is 0. The van der Waals surface area contributed by atoms with Crippen molar-refractivity contribution in [2.75, 3.05) is 0 Å². The first kappa shape index (κ1) is 6.48. The molecule has 0 heterocycles. The van der Waals surface area contributed by atoms with Gasteiger partial charge < -0.3 is 0 Å². The van der Waals surface area contributed by atoms with Gasteiger partial charge in [0.25, 0.3) is 0 Å². The third-order valence-corrected chi connectivity index (χ3v) is 2.55. The zero-order valence-electron chi connectivity index (χ0n) is 5.94. The summed E-state index contributed by atoms with van der Waals surface area (Å²) in [5, 5.41) is 1.02. The average molecular weight is 155 g/mol. The van der Waals surface area contributed by atoms with E-state index in [1.165, 1.54) is 19.3 Å². The second kappa shape index (κ2) is 2.43. The molecule has 0 N–H and O–H groups in total. The summed E-state index contributed by atoms with van der Waals surface area (Å²) >= 11 is 5.82. The van der Waals surface area contributed by atoms with Crippen molar-refractivity contribution in [3.63, 3.8) is 0 Å². The normalized spacial score (nSPS) is 25.7. The van der Waals surface area contributed by atoms with E-state index in [0.29, 0.717) is 0 Å². The highest BCUT2D eigenvalue weighted by Crippen LogP contribution is 2.40. The van der Waals surface area contributed by atoms with E-state index in [2.05, 4.69) is 12.2 Å². The summed E-state index contributed by atoms with van der Waals surface area (Å²) in [5.41, 5.74) is 1.63. The summed E-state index contributed by atoms with van der Waals surface area (Å²) in [7, 11) is 0. The van der Waals surface area contributed by atoms with Crippen LogP contribution in [0.15, 0.2) is 22.8 Å². The first-order valence-electron chi connectivity index (χ1n) is 3.91. The van der Waals surface area contributed by atoms with Gasteiger partial charge in [0.15, 0.2) is 0 Å². The quantitative estimate of drug-likeness (QED) is 0.544. The first-order valence-corrected chi connectivity index (χ1v) is 4.29. The van der Waals surface area contributed by atoms with E-state index in [1.54, 1.807) is 5.57 Å². The van der Waals surface area contributed by atoms with Crippen LogP contribution in [0.4, 0.5) is 0 Å². The lowest BCUT2D eigenvalue weighted by Gasteiger charge is -2.08. The standard InChI is InChI=1S/C9H11Cl/c10-9-5-3-8(4-6-9)7-1-2-7/h3,5,7H,1-2,4,6H2. The average Bonchev–Trinajstić information content (AvgIpc) is 2.71. The topological polar surface area (TPSA) is 0 Å². The molecule has 0 radical (unpaired) electrons. The van der Waals surface area contributed by atoms with Crippen LogP contribution >= 0.6 is 11.6 Å². The Morgan fingerprint density at radius 3 is 2.50 bits per heavy atom.